The first-order valence-corrected chi connectivity index (χ1v) is 11.4. The molecule has 0 bridgehead atoms. The first-order chi connectivity index (χ1) is 16.3. The van der Waals surface area contributed by atoms with E-state index in [1.165, 1.54) is 9.13 Å². The minimum atomic E-state index is -0.512. The largest absolute Gasteiger partial charge is 0.332 e. The monoisotopic (exact) mass is 459 g/mol. The van der Waals surface area contributed by atoms with Gasteiger partial charge in [0.25, 0.3) is 5.56 Å². The zero-order valence-corrected chi connectivity index (χ0v) is 20.0. The molecule has 0 aliphatic heterocycles. The standard InChI is InChI=1S/C26H29N5O3/c1-5-31-24-23(19(4)28-31)30(16-22(32)27-21-12-11-17(2)18(3)15-21)26(34)29(25(24)33)14-13-20-9-7-6-8-10-20/h6-12,15H,5,13-14,16H2,1-4H3,(H,27,32). The van der Waals surface area contributed by atoms with Crippen LogP contribution in [-0.4, -0.2) is 24.8 Å². The Balaban J connectivity index is 1.75. The van der Waals surface area contributed by atoms with E-state index in [-0.39, 0.29) is 24.6 Å². The van der Waals surface area contributed by atoms with Gasteiger partial charge in [0.2, 0.25) is 5.91 Å². The maximum atomic E-state index is 13.5. The minimum absolute atomic E-state index is 0.213. The zero-order chi connectivity index (χ0) is 24.4. The Morgan fingerprint density at radius 1 is 0.941 bits per heavy atom. The van der Waals surface area contributed by atoms with Gasteiger partial charge in [0, 0.05) is 18.8 Å². The highest BCUT2D eigenvalue weighted by Gasteiger charge is 2.21. The fraction of sp³-hybridized carbons (Fsp3) is 0.308. The van der Waals surface area contributed by atoms with Crippen LogP contribution >= 0.6 is 0 Å². The Bertz CT molecular complexity index is 1480. The van der Waals surface area contributed by atoms with Crippen molar-refractivity contribution in [2.45, 2.75) is 53.8 Å². The predicted molar refractivity (Wildman–Crippen MR) is 133 cm³/mol. The molecule has 0 fully saturated rings. The molecule has 0 aliphatic rings. The van der Waals surface area contributed by atoms with E-state index in [4.69, 9.17) is 0 Å². The summed E-state index contributed by atoms with van der Waals surface area (Å²) in [5.74, 6) is -0.344. The highest BCUT2D eigenvalue weighted by molar-refractivity contribution is 5.91. The quantitative estimate of drug-likeness (QED) is 0.460. The summed E-state index contributed by atoms with van der Waals surface area (Å²) in [5, 5.41) is 7.32. The van der Waals surface area contributed by atoms with Crippen molar-refractivity contribution in [3.63, 3.8) is 0 Å². The molecular formula is C26H29N5O3. The second kappa shape index (κ2) is 9.51. The van der Waals surface area contributed by atoms with Gasteiger partial charge in [0.1, 0.15) is 12.1 Å². The summed E-state index contributed by atoms with van der Waals surface area (Å²) in [4.78, 5) is 39.8. The van der Waals surface area contributed by atoms with Crippen molar-refractivity contribution >= 4 is 22.6 Å². The molecule has 34 heavy (non-hydrogen) atoms. The fourth-order valence-corrected chi connectivity index (χ4v) is 4.18. The van der Waals surface area contributed by atoms with Gasteiger partial charge in [-0.1, -0.05) is 36.4 Å². The number of anilines is 1. The molecule has 2 heterocycles. The third kappa shape index (κ3) is 4.44. The summed E-state index contributed by atoms with van der Waals surface area (Å²) in [6, 6.07) is 15.4. The number of hydrogen-bond donors (Lipinski definition) is 1. The third-order valence-electron chi connectivity index (χ3n) is 6.13. The summed E-state index contributed by atoms with van der Waals surface area (Å²) in [6.07, 6.45) is 0.523. The molecule has 8 heteroatoms. The Labute approximate surface area is 197 Å². The molecule has 4 aromatic rings. The highest BCUT2D eigenvalue weighted by atomic mass is 16.2. The number of rotatable bonds is 7. The van der Waals surface area contributed by atoms with Gasteiger partial charge in [-0.25, -0.2) is 4.79 Å². The number of carbonyl (C=O) groups is 1. The van der Waals surface area contributed by atoms with E-state index in [2.05, 4.69) is 10.4 Å². The smallest absolute Gasteiger partial charge is 0.325 e. The number of carbonyl (C=O) groups excluding carboxylic acids is 1. The molecule has 0 saturated heterocycles. The van der Waals surface area contributed by atoms with Crippen LogP contribution in [0.3, 0.4) is 0 Å². The van der Waals surface area contributed by atoms with Crippen molar-refractivity contribution < 1.29 is 4.79 Å². The molecule has 0 saturated carbocycles. The van der Waals surface area contributed by atoms with Crippen LogP contribution in [0.25, 0.3) is 11.0 Å². The molecule has 0 aliphatic carbocycles. The summed E-state index contributed by atoms with van der Waals surface area (Å²) in [7, 11) is 0. The number of aryl methyl sites for hydroxylation is 5. The van der Waals surface area contributed by atoms with Crippen molar-refractivity contribution in [1.82, 2.24) is 18.9 Å². The SMILES string of the molecule is CCn1nc(C)c2c1c(=O)n(CCc1ccccc1)c(=O)n2CC(=O)Nc1ccc(C)c(C)c1. The number of nitrogens with one attached hydrogen (secondary N) is 1. The van der Waals surface area contributed by atoms with Crippen LogP contribution in [-0.2, 0) is 30.8 Å². The lowest BCUT2D eigenvalue weighted by Crippen LogP contribution is -2.42. The van der Waals surface area contributed by atoms with Crippen LogP contribution in [0.5, 0.6) is 0 Å². The molecule has 4 rings (SSSR count). The van der Waals surface area contributed by atoms with Crippen LogP contribution in [0.4, 0.5) is 5.69 Å². The number of benzene rings is 2. The first-order valence-electron chi connectivity index (χ1n) is 11.4. The van der Waals surface area contributed by atoms with Crippen molar-refractivity contribution in [2.24, 2.45) is 0 Å². The van der Waals surface area contributed by atoms with Crippen LogP contribution < -0.4 is 16.6 Å². The van der Waals surface area contributed by atoms with E-state index in [9.17, 15) is 14.4 Å². The van der Waals surface area contributed by atoms with Crippen LogP contribution in [0, 0.1) is 20.8 Å². The second-order valence-corrected chi connectivity index (χ2v) is 8.51. The lowest BCUT2D eigenvalue weighted by molar-refractivity contribution is -0.116. The average molecular weight is 460 g/mol. The van der Waals surface area contributed by atoms with E-state index >= 15 is 0 Å². The normalized spacial score (nSPS) is 11.2. The molecule has 0 unspecified atom stereocenters. The van der Waals surface area contributed by atoms with Crippen molar-refractivity contribution in [1.29, 1.82) is 0 Å². The third-order valence-corrected chi connectivity index (χ3v) is 6.13. The summed E-state index contributed by atoms with van der Waals surface area (Å²) < 4.78 is 4.18. The van der Waals surface area contributed by atoms with E-state index in [1.807, 2.05) is 69.3 Å². The number of aromatic nitrogens is 4. The molecular weight excluding hydrogens is 430 g/mol. The Morgan fingerprint density at radius 3 is 2.35 bits per heavy atom. The predicted octanol–water partition coefficient (Wildman–Crippen LogP) is 3.19. The van der Waals surface area contributed by atoms with Gasteiger partial charge in [-0.15, -0.1) is 0 Å². The van der Waals surface area contributed by atoms with Crippen LogP contribution in [0.1, 0.15) is 29.3 Å². The van der Waals surface area contributed by atoms with Gasteiger partial charge in [-0.05, 0) is 62.9 Å². The van der Waals surface area contributed by atoms with Gasteiger partial charge in [-0.3, -0.25) is 23.4 Å². The van der Waals surface area contributed by atoms with Crippen molar-refractivity contribution in [3.05, 3.63) is 91.8 Å². The molecule has 1 amide bonds. The lowest BCUT2D eigenvalue weighted by atomic mass is 10.1. The van der Waals surface area contributed by atoms with Crippen LogP contribution in [0.2, 0.25) is 0 Å². The van der Waals surface area contributed by atoms with Gasteiger partial charge >= 0.3 is 5.69 Å². The van der Waals surface area contributed by atoms with E-state index in [0.717, 1.165) is 16.7 Å². The van der Waals surface area contributed by atoms with E-state index < -0.39 is 5.69 Å². The number of amides is 1. The summed E-state index contributed by atoms with van der Waals surface area (Å²) in [5.41, 5.74) is 4.27. The molecule has 1 N–H and O–H groups in total. The second-order valence-electron chi connectivity index (χ2n) is 8.51. The van der Waals surface area contributed by atoms with Crippen LogP contribution in [0.15, 0.2) is 58.1 Å². The number of fused-ring (bicyclic) bond motifs is 1. The van der Waals surface area contributed by atoms with E-state index in [0.29, 0.717) is 35.4 Å². The zero-order valence-electron chi connectivity index (χ0n) is 20.0. The maximum Gasteiger partial charge on any atom is 0.332 e. The molecule has 2 aromatic heterocycles. The molecule has 0 atom stereocenters. The van der Waals surface area contributed by atoms with Crippen molar-refractivity contribution in [3.8, 4) is 0 Å². The Morgan fingerprint density at radius 2 is 1.68 bits per heavy atom. The van der Waals surface area contributed by atoms with E-state index in [1.54, 1.807) is 11.6 Å². The van der Waals surface area contributed by atoms with Gasteiger partial charge in [0.15, 0.2) is 5.52 Å². The Hall–Kier alpha value is -3.94. The Kier molecular flexibility index (Phi) is 6.49. The maximum absolute atomic E-state index is 13.5. The minimum Gasteiger partial charge on any atom is -0.325 e. The number of hydrogen-bond acceptors (Lipinski definition) is 4. The molecule has 0 spiro atoms. The lowest BCUT2D eigenvalue weighted by Gasteiger charge is -2.14. The summed E-state index contributed by atoms with van der Waals surface area (Å²) >= 11 is 0. The van der Waals surface area contributed by atoms with Gasteiger partial charge in [-0.2, -0.15) is 5.10 Å². The number of nitrogens with zero attached hydrogens (tertiary/aromatic N) is 4. The summed E-state index contributed by atoms with van der Waals surface area (Å²) in [6.45, 7) is 8.09. The van der Waals surface area contributed by atoms with Gasteiger partial charge < -0.3 is 5.32 Å². The first kappa shape index (κ1) is 23.2. The molecule has 2 aromatic carbocycles. The average Bonchev–Trinajstić information content (AvgIpc) is 3.16. The topological polar surface area (TPSA) is 90.9 Å². The highest BCUT2D eigenvalue weighted by Crippen LogP contribution is 2.16. The van der Waals surface area contributed by atoms with Crippen molar-refractivity contribution in [2.75, 3.05) is 5.32 Å². The van der Waals surface area contributed by atoms with Gasteiger partial charge in [0.05, 0.1) is 5.69 Å². The molecule has 176 valence electrons. The molecule has 8 nitrogen and oxygen atoms in total. The fourth-order valence-electron chi connectivity index (χ4n) is 4.18. The molecule has 0 radical (unpaired) electrons.